The lowest BCUT2D eigenvalue weighted by atomic mass is 9.96. The first-order valence-corrected chi connectivity index (χ1v) is 12.5. The van der Waals surface area contributed by atoms with E-state index in [1.165, 1.54) is 6.08 Å². The van der Waals surface area contributed by atoms with Gasteiger partial charge in [0.1, 0.15) is 11.9 Å². The van der Waals surface area contributed by atoms with E-state index in [4.69, 9.17) is 10.5 Å². The minimum atomic E-state index is -0.564. The molecule has 0 bridgehead atoms. The molecule has 0 aliphatic heterocycles. The summed E-state index contributed by atoms with van der Waals surface area (Å²) in [7, 11) is 0. The van der Waals surface area contributed by atoms with Crippen LogP contribution in [0.2, 0.25) is 0 Å². The van der Waals surface area contributed by atoms with Gasteiger partial charge >= 0.3 is 6.09 Å². The van der Waals surface area contributed by atoms with E-state index in [9.17, 15) is 14.7 Å². The Morgan fingerprint density at radius 3 is 2.39 bits per heavy atom. The average molecular weight is 510 g/mol. The summed E-state index contributed by atoms with van der Waals surface area (Å²) >= 11 is 0. The Bertz CT molecular complexity index is 1450. The van der Waals surface area contributed by atoms with Gasteiger partial charge in [0.05, 0.1) is 11.4 Å². The van der Waals surface area contributed by atoms with Gasteiger partial charge in [-0.2, -0.15) is 0 Å². The second-order valence-corrected chi connectivity index (χ2v) is 9.01. The number of para-hydroxylation sites is 2. The summed E-state index contributed by atoms with van der Waals surface area (Å²) in [6.45, 7) is 1.98. The molecular weight excluding hydrogens is 478 g/mol. The van der Waals surface area contributed by atoms with Crippen LogP contribution in [0.3, 0.4) is 0 Å². The number of rotatable bonds is 9. The molecule has 0 spiro atoms. The molecule has 194 valence electrons. The summed E-state index contributed by atoms with van der Waals surface area (Å²) in [5, 5.41) is 17.4. The number of nitrogens with one attached hydrogen (secondary N) is 2. The number of hydrogen-bond donors (Lipinski definition) is 4. The van der Waals surface area contributed by atoms with Crippen molar-refractivity contribution in [3.63, 3.8) is 0 Å². The van der Waals surface area contributed by atoms with Crippen LogP contribution < -0.4 is 16.4 Å². The fourth-order valence-electron chi connectivity index (χ4n) is 4.18. The summed E-state index contributed by atoms with van der Waals surface area (Å²) in [5.41, 5.74) is 9.48. The second kappa shape index (κ2) is 12.5. The van der Waals surface area contributed by atoms with Gasteiger partial charge in [0.25, 0.3) is 0 Å². The van der Waals surface area contributed by atoms with E-state index < -0.39 is 12.2 Å². The molecule has 0 fully saturated rings. The molecule has 2 amide bonds. The number of aryl methyl sites for hydroxylation is 1. The van der Waals surface area contributed by atoms with E-state index >= 15 is 0 Å². The summed E-state index contributed by atoms with van der Waals surface area (Å²) in [5.74, 6) is -0.0992. The van der Waals surface area contributed by atoms with Gasteiger partial charge in [0.2, 0.25) is 5.91 Å². The number of ether oxygens (including phenoxy) is 1. The minimum Gasteiger partial charge on any atom is -0.507 e. The fraction of sp³-hybridized carbons (Fsp3) is 0.161. The molecule has 1 atom stereocenters. The van der Waals surface area contributed by atoms with Gasteiger partial charge in [-0.25, -0.2) is 4.79 Å². The monoisotopic (exact) mass is 509 g/mol. The first kappa shape index (κ1) is 26.3. The van der Waals surface area contributed by atoms with Crippen molar-refractivity contribution in [3.05, 3.63) is 108 Å². The lowest BCUT2D eigenvalue weighted by Crippen LogP contribution is -2.18. The predicted octanol–water partition coefficient (Wildman–Crippen LogP) is 7.09. The molecule has 7 nitrogen and oxygen atoms in total. The van der Waals surface area contributed by atoms with Crippen LogP contribution in [0.25, 0.3) is 10.8 Å². The summed E-state index contributed by atoms with van der Waals surface area (Å²) < 4.78 is 5.89. The van der Waals surface area contributed by atoms with E-state index in [0.29, 0.717) is 41.7 Å². The number of hydrogen-bond acceptors (Lipinski definition) is 5. The van der Waals surface area contributed by atoms with Crippen molar-refractivity contribution in [1.29, 1.82) is 0 Å². The van der Waals surface area contributed by atoms with Crippen LogP contribution in [0, 0.1) is 6.92 Å². The number of nitrogens with two attached hydrogens (primary N) is 1. The quantitative estimate of drug-likeness (QED) is 0.109. The van der Waals surface area contributed by atoms with Crippen molar-refractivity contribution in [2.45, 2.75) is 32.3 Å². The van der Waals surface area contributed by atoms with Crippen molar-refractivity contribution >= 4 is 39.8 Å². The number of anilines is 3. The molecule has 7 heteroatoms. The molecule has 5 N–H and O–H groups in total. The number of aromatic hydroxyl groups is 1. The fourth-order valence-corrected chi connectivity index (χ4v) is 4.18. The standard InChI is InChI=1S/C31H31N3O4/c1-21-15-17-22(18-16-21)33-31(37)38-29(25-19-20-28(35)24-10-6-5-9-23(24)25)13-3-2-4-14-30(36)34-27-12-8-7-11-26(27)32/h4-12,14-20,29,35H,2-3,13,32H2,1H3,(H,33,37)(H,34,36)/b14-4+/t29-/m0/s1. The van der Waals surface area contributed by atoms with E-state index in [1.54, 1.807) is 42.5 Å². The van der Waals surface area contributed by atoms with Gasteiger partial charge in [-0.1, -0.05) is 66.2 Å². The lowest BCUT2D eigenvalue weighted by molar-refractivity contribution is -0.111. The van der Waals surface area contributed by atoms with Crippen LogP contribution in [0.15, 0.2) is 97.1 Å². The molecule has 0 heterocycles. The van der Waals surface area contributed by atoms with E-state index in [2.05, 4.69) is 10.6 Å². The van der Waals surface area contributed by atoms with Gasteiger partial charge in [-0.3, -0.25) is 10.1 Å². The second-order valence-electron chi connectivity index (χ2n) is 9.01. The maximum atomic E-state index is 12.8. The molecule has 0 aliphatic rings. The zero-order valence-electron chi connectivity index (χ0n) is 21.2. The Labute approximate surface area is 221 Å². The maximum Gasteiger partial charge on any atom is 0.412 e. The molecule has 0 unspecified atom stereocenters. The van der Waals surface area contributed by atoms with Crippen molar-refractivity contribution in [2.24, 2.45) is 0 Å². The largest absolute Gasteiger partial charge is 0.507 e. The van der Waals surface area contributed by atoms with Crippen molar-refractivity contribution < 1.29 is 19.4 Å². The van der Waals surface area contributed by atoms with Crippen LogP contribution in [0.5, 0.6) is 5.75 Å². The summed E-state index contributed by atoms with van der Waals surface area (Å²) in [4.78, 5) is 25.1. The average Bonchev–Trinajstić information content (AvgIpc) is 2.91. The zero-order chi connectivity index (χ0) is 26.9. The van der Waals surface area contributed by atoms with E-state index in [0.717, 1.165) is 16.5 Å². The predicted molar refractivity (Wildman–Crippen MR) is 152 cm³/mol. The smallest absolute Gasteiger partial charge is 0.412 e. The molecule has 0 aromatic heterocycles. The molecule has 38 heavy (non-hydrogen) atoms. The lowest BCUT2D eigenvalue weighted by Gasteiger charge is -2.21. The number of amides is 2. The molecule has 0 saturated carbocycles. The highest BCUT2D eigenvalue weighted by atomic mass is 16.6. The third-order valence-corrected chi connectivity index (χ3v) is 6.15. The van der Waals surface area contributed by atoms with Crippen molar-refractivity contribution in [3.8, 4) is 5.75 Å². The van der Waals surface area contributed by atoms with Gasteiger partial charge in [0, 0.05) is 16.6 Å². The third-order valence-electron chi connectivity index (χ3n) is 6.15. The van der Waals surface area contributed by atoms with Gasteiger partial charge in [-0.05, 0) is 68.0 Å². The first-order chi connectivity index (χ1) is 18.4. The summed E-state index contributed by atoms with van der Waals surface area (Å²) in [6, 6.07) is 25.4. The number of phenolic OH excluding ortho intramolecular Hbond substituents is 1. The van der Waals surface area contributed by atoms with Gasteiger partial charge < -0.3 is 20.9 Å². The van der Waals surface area contributed by atoms with Crippen LogP contribution in [0.4, 0.5) is 21.9 Å². The zero-order valence-corrected chi connectivity index (χ0v) is 21.2. The Morgan fingerprint density at radius 2 is 1.63 bits per heavy atom. The highest BCUT2D eigenvalue weighted by Crippen LogP contribution is 2.35. The van der Waals surface area contributed by atoms with Gasteiger partial charge in [0.15, 0.2) is 0 Å². The van der Waals surface area contributed by atoms with Gasteiger partial charge in [-0.15, -0.1) is 0 Å². The Kier molecular flexibility index (Phi) is 8.61. The Balaban J connectivity index is 1.44. The van der Waals surface area contributed by atoms with Crippen LogP contribution in [-0.4, -0.2) is 17.1 Å². The molecule has 0 saturated heterocycles. The number of unbranched alkanes of at least 4 members (excludes halogenated alkanes) is 1. The highest BCUT2D eigenvalue weighted by molar-refractivity contribution is 6.01. The summed E-state index contributed by atoms with van der Waals surface area (Å²) in [6.07, 6.45) is 3.92. The number of phenols is 1. The number of carbonyl (C=O) groups is 2. The number of fused-ring (bicyclic) bond motifs is 1. The van der Waals surface area contributed by atoms with E-state index in [1.807, 2.05) is 55.5 Å². The molecule has 4 rings (SSSR count). The molecule has 0 radical (unpaired) electrons. The van der Waals surface area contributed by atoms with Crippen molar-refractivity contribution in [2.75, 3.05) is 16.4 Å². The number of nitrogen functional groups attached to an aromatic ring is 1. The van der Waals surface area contributed by atoms with Crippen LogP contribution in [-0.2, 0) is 9.53 Å². The Morgan fingerprint density at radius 1 is 0.921 bits per heavy atom. The molecular formula is C31H31N3O4. The van der Waals surface area contributed by atoms with Crippen molar-refractivity contribution in [1.82, 2.24) is 0 Å². The number of allylic oxidation sites excluding steroid dienone is 1. The number of carbonyl (C=O) groups excluding carboxylic acids is 2. The molecule has 4 aromatic rings. The maximum absolute atomic E-state index is 12.8. The first-order valence-electron chi connectivity index (χ1n) is 12.5. The van der Waals surface area contributed by atoms with E-state index in [-0.39, 0.29) is 11.7 Å². The third kappa shape index (κ3) is 6.91. The molecule has 0 aliphatic carbocycles. The topological polar surface area (TPSA) is 114 Å². The van der Waals surface area contributed by atoms with Crippen LogP contribution in [0.1, 0.15) is 36.5 Å². The number of benzene rings is 4. The normalized spacial score (nSPS) is 11.8. The highest BCUT2D eigenvalue weighted by Gasteiger charge is 2.20. The minimum absolute atomic E-state index is 0.167. The SMILES string of the molecule is Cc1ccc(NC(=O)O[C@@H](CCC/C=C/C(=O)Nc2ccccc2N)c2ccc(O)c3ccccc23)cc1. The molecule has 4 aromatic carbocycles. The van der Waals surface area contributed by atoms with Crippen LogP contribution >= 0.6 is 0 Å². The Hall–Kier alpha value is -4.78.